The van der Waals surface area contributed by atoms with Gasteiger partial charge in [0, 0.05) is 19.5 Å². The monoisotopic (exact) mass is 241 g/mol. The van der Waals surface area contributed by atoms with Gasteiger partial charge in [0.1, 0.15) is 5.60 Å². The Balaban J connectivity index is 1.81. The molecule has 2 aliphatic rings. The molecule has 4 nitrogen and oxygen atoms in total. The minimum atomic E-state index is -0.409. The maximum absolute atomic E-state index is 11.9. The average Bonchev–Trinajstić information content (AvgIpc) is 2.14. The molecule has 1 atom stereocenters. The summed E-state index contributed by atoms with van der Waals surface area (Å²) >= 11 is 0. The van der Waals surface area contributed by atoms with Crippen molar-refractivity contribution in [1.29, 1.82) is 0 Å². The molecule has 2 aliphatic heterocycles. The summed E-state index contributed by atoms with van der Waals surface area (Å²) in [5.74, 6) is 0. The van der Waals surface area contributed by atoms with Crippen LogP contribution in [0.25, 0.3) is 0 Å². The fraction of sp³-hybridized carbons (Fsp3) is 0.923. The lowest BCUT2D eigenvalue weighted by Crippen LogP contribution is -2.56. The smallest absolute Gasteiger partial charge is 0.410 e. The molecule has 1 unspecified atom stereocenters. The molecule has 1 amide bonds. The predicted octanol–water partition coefficient (Wildman–Crippen LogP) is 2.56. The first kappa shape index (κ1) is 12.7. The van der Waals surface area contributed by atoms with Crippen molar-refractivity contribution in [2.24, 2.45) is 0 Å². The lowest BCUT2D eigenvalue weighted by molar-refractivity contribution is -0.216. The minimum absolute atomic E-state index is 0.0674. The number of nitrogens with zero attached hydrogens (tertiary/aromatic N) is 1. The topological polar surface area (TPSA) is 38.8 Å². The Morgan fingerprint density at radius 3 is 2.29 bits per heavy atom. The molecular formula is C13H23NO3. The zero-order chi connectivity index (χ0) is 12.7. The number of amides is 1. The van der Waals surface area contributed by atoms with Gasteiger partial charge in [-0.2, -0.15) is 0 Å². The summed E-state index contributed by atoms with van der Waals surface area (Å²) in [6.45, 7) is 9.29. The fourth-order valence-electron chi connectivity index (χ4n) is 2.69. The molecule has 17 heavy (non-hydrogen) atoms. The number of ether oxygens (including phenoxy) is 2. The number of rotatable bonds is 0. The van der Waals surface area contributed by atoms with Crippen molar-refractivity contribution in [2.45, 2.75) is 64.3 Å². The number of hydrogen-bond donors (Lipinski definition) is 0. The molecule has 0 N–H and O–H groups in total. The Kier molecular flexibility index (Phi) is 3.10. The average molecular weight is 241 g/mol. The van der Waals surface area contributed by atoms with E-state index in [2.05, 4.69) is 6.92 Å². The Morgan fingerprint density at radius 2 is 1.88 bits per heavy atom. The third kappa shape index (κ3) is 2.92. The van der Waals surface area contributed by atoms with Gasteiger partial charge in [0.25, 0.3) is 0 Å². The van der Waals surface area contributed by atoms with Gasteiger partial charge in [-0.05, 0) is 40.5 Å². The lowest BCUT2D eigenvalue weighted by atomic mass is 9.81. The summed E-state index contributed by atoms with van der Waals surface area (Å²) in [6, 6.07) is 0. The third-order valence-corrected chi connectivity index (χ3v) is 3.44. The van der Waals surface area contributed by atoms with E-state index in [1.54, 1.807) is 4.90 Å². The van der Waals surface area contributed by atoms with Crippen LogP contribution in [0.4, 0.5) is 4.79 Å². The van der Waals surface area contributed by atoms with E-state index in [0.717, 1.165) is 32.4 Å². The summed E-state index contributed by atoms with van der Waals surface area (Å²) < 4.78 is 11.2. The maximum atomic E-state index is 11.9. The van der Waals surface area contributed by atoms with Crippen molar-refractivity contribution in [3.8, 4) is 0 Å². The first-order chi connectivity index (χ1) is 7.80. The number of carbonyl (C=O) groups excluding carboxylic acids is 1. The molecule has 0 saturated carbocycles. The molecule has 2 heterocycles. The second kappa shape index (κ2) is 4.16. The van der Waals surface area contributed by atoms with E-state index >= 15 is 0 Å². The van der Waals surface area contributed by atoms with Gasteiger partial charge in [0.05, 0.1) is 11.7 Å². The summed E-state index contributed by atoms with van der Waals surface area (Å²) in [6.07, 6.45) is 3.21. The van der Waals surface area contributed by atoms with Crippen LogP contribution in [0.1, 0.15) is 47.0 Å². The first-order valence-corrected chi connectivity index (χ1v) is 6.45. The van der Waals surface area contributed by atoms with Crippen LogP contribution in [-0.2, 0) is 9.47 Å². The van der Waals surface area contributed by atoms with Crippen LogP contribution in [0.3, 0.4) is 0 Å². The molecule has 0 aromatic heterocycles. The highest BCUT2D eigenvalue weighted by Gasteiger charge is 2.46. The largest absolute Gasteiger partial charge is 0.444 e. The van der Waals surface area contributed by atoms with Crippen molar-refractivity contribution in [2.75, 3.05) is 13.1 Å². The molecular weight excluding hydrogens is 218 g/mol. The zero-order valence-electron chi connectivity index (χ0n) is 11.3. The van der Waals surface area contributed by atoms with Crippen LogP contribution in [-0.4, -0.2) is 41.4 Å². The van der Waals surface area contributed by atoms with Crippen LogP contribution < -0.4 is 0 Å². The summed E-state index contributed by atoms with van der Waals surface area (Å²) in [7, 11) is 0. The standard InChI is InChI=1S/C13H23NO3/c1-10-9-13(16-10)5-7-14(8-6-13)11(15)17-12(2,3)4/h10H,5-9H2,1-4H3. The molecule has 2 rings (SSSR count). The van der Waals surface area contributed by atoms with E-state index in [4.69, 9.17) is 9.47 Å². The second-order valence-electron chi connectivity index (χ2n) is 6.28. The van der Waals surface area contributed by atoms with Crippen LogP contribution in [0.2, 0.25) is 0 Å². The van der Waals surface area contributed by atoms with Gasteiger partial charge in [-0.25, -0.2) is 4.79 Å². The fourth-order valence-corrected chi connectivity index (χ4v) is 2.69. The lowest BCUT2D eigenvalue weighted by Gasteiger charge is -2.51. The minimum Gasteiger partial charge on any atom is -0.444 e. The van der Waals surface area contributed by atoms with Crippen LogP contribution >= 0.6 is 0 Å². The van der Waals surface area contributed by atoms with E-state index in [1.807, 2.05) is 20.8 Å². The van der Waals surface area contributed by atoms with Crippen molar-refractivity contribution < 1.29 is 14.3 Å². The quantitative estimate of drug-likeness (QED) is 0.654. The van der Waals surface area contributed by atoms with E-state index in [0.29, 0.717) is 6.10 Å². The van der Waals surface area contributed by atoms with Crippen LogP contribution in [0.15, 0.2) is 0 Å². The van der Waals surface area contributed by atoms with E-state index in [1.165, 1.54) is 0 Å². The van der Waals surface area contributed by atoms with E-state index < -0.39 is 5.60 Å². The SMILES string of the molecule is CC1CC2(CCN(C(=O)OC(C)(C)C)CC2)O1. The van der Waals surface area contributed by atoms with Crippen molar-refractivity contribution >= 4 is 6.09 Å². The molecule has 98 valence electrons. The number of carbonyl (C=O) groups is 1. The molecule has 1 spiro atoms. The molecule has 2 saturated heterocycles. The molecule has 0 radical (unpaired) electrons. The Labute approximate surface area is 103 Å². The van der Waals surface area contributed by atoms with Crippen LogP contribution in [0, 0.1) is 0 Å². The Hall–Kier alpha value is -0.770. The van der Waals surface area contributed by atoms with Gasteiger partial charge in [0.15, 0.2) is 0 Å². The molecule has 0 aromatic rings. The van der Waals surface area contributed by atoms with Gasteiger partial charge in [-0.1, -0.05) is 0 Å². The first-order valence-electron chi connectivity index (χ1n) is 6.45. The maximum Gasteiger partial charge on any atom is 0.410 e. The number of hydrogen-bond acceptors (Lipinski definition) is 3. The van der Waals surface area contributed by atoms with E-state index in [-0.39, 0.29) is 11.7 Å². The van der Waals surface area contributed by atoms with Gasteiger partial charge in [-0.15, -0.1) is 0 Å². The van der Waals surface area contributed by atoms with Crippen molar-refractivity contribution in [3.63, 3.8) is 0 Å². The number of piperidine rings is 1. The second-order valence-corrected chi connectivity index (χ2v) is 6.28. The van der Waals surface area contributed by atoms with Gasteiger partial charge < -0.3 is 14.4 Å². The zero-order valence-corrected chi connectivity index (χ0v) is 11.3. The Bertz CT molecular complexity index is 292. The highest BCUT2D eigenvalue weighted by Crippen LogP contribution is 2.41. The summed E-state index contributed by atoms with van der Waals surface area (Å²) in [5.41, 5.74) is -0.342. The highest BCUT2D eigenvalue weighted by molar-refractivity contribution is 5.68. The molecule has 0 bridgehead atoms. The highest BCUT2D eigenvalue weighted by atomic mass is 16.6. The number of likely N-dealkylation sites (tertiary alicyclic amines) is 1. The summed E-state index contributed by atoms with van der Waals surface area (Å²) in [4.78, 5) is 13.7. The van der Waals surface area contributed by atoms with Gasteiger partial charge in [0.2, 0.25) is 0 Å². The van der Waals surface area contributed by atoms with E-state index in [9.17, 15) is 4.79 Å². The molecule has 2 fully saturated rings. The third-order valence-electron chi connectivity index (χ3n) is 3.44. The van der Waals surface area contributed by atoms with Crippen molar-refractivity contribution in [1.82, 2.24) is 4.90 Å². The predicted molar refractivity (Wildman–Crippen MR) is 64.9 cm³/mol. The molecule has 0 aliphatic carbocycles. The van der Waals surface area contributed by atoms with Gasteiger partial charge >= 0.3 is 6.09 Å². The summed E-state index contributed by atoms with van der Waals surface area (Å²) in [5, 5.41) is 0. The normalized spacial score (nSPS) is 27.8. The van der Waals surface area contributed by atoms with Gasteiger partial charge in [-0.3, -0.25) is 0 Å². The van der Waals surface area contributed by atoms with Crippen LogP contribution in [0.5, 0.6) is 0 Å². The Morgan fingerprint density at radius 1 is 1.35 bits per heavy atom. The molecule has 4 heteroatoms. The molecule has 0 aromatic carbocycles. The van der Waals surface area contributed by atoms with Crippen molar-refractivity contribution in [3.05, 3.63) is 0 Å².